The Bertz CT molecular complexity index is 455. The van der Waals surface area contributed by atoms with Crippen molar-refractivity contribution in [2.45, 2.75) is 46.8 Å². The van der Waals surface area contributed by atoms with Crippen LogP contribution < -0.4 is 10.1 Å². The molecule has 1 rings (SSSR count). The van der Waals surface area contributed by atoms with Crippen LogP contribution in [0, 0.1) is 12.8 Å². The molecule has 4 heteroatoms. The number of aryl methyl sites for hydroxylation is 1. The summed E-state index contributed by atoms with van der Waals surface area (Å²) in [5, 5.41) is 12.4. The van der Waals surface area contributed by atoms with Crippen LogP contribution in [0.5, 0.6) is 5.75 Å². The molecule has 0 saturated carbocycles. The van der Waals surface area contributed by atoms with Crippen molar-refractivity contribution in [3.63, 3.8) is 0 Å². The van der Waals surface area contributed by atoms with E-state index < -0.39 is 12.2 Å². The quantitative estimate of drug-likeness (QED) is 0.841. The van der Waals surface area contributed by atoms with Gasteiger partial charge in [0.25, 0.3) is 5.91 Å². The van der Waals surface area contributed by atoms with Gasteiger partial charge < -0.3 is 15.2 Å². The molecule has 112 valence electrons. The monoisotopic (exact) mass is 279 g/mol. The highest BCUT2D eigenvalue weighted by atomic mass is 16.5. The van der Waals surface area contributed by atoms with Gasteiger partial charge in [-0.15, -0.1) is 0 Å². The Morgan fingerprint density at radius 3 is 2.45 bits per heavy atom. The Morgan fingerprint density at radius 2 is 1.95 bits per heavy atom. The molecule has 2 atom stereocenters. The smallest absolute Gasteiger partial charge is 0.260 e. The zero-order valence-corrected chi connectivity index (χ0v) is 12.9. The molecule has 0 bridgehead atoms. The van der Waals surface area contributed by atoms with Crippen LogP contribution in [0.4, 0.5) is 0 Å². The second-order valence-electron chi connectivity index (χ2n) is 5.60. The second-order valence-corrected chi connectivity index (χ2v) is 5.60. The third-order valence-corrected chi connectivity index (χ3v) is 3.04. The summed E-state index contributed by atoms with van der Waals surface area (Å²) in [5.41, 5.74) is 1.75. The maximum Gasteiger partial charge on any atom is 0.260 e. The Morgan fingerprint density at radius 1 is 1.30 bits per heavy atom. The van der Waals surface area contributed by atoms with Crippen LogP contribution >= 0.6 is 0 Å². The van der Waals surface area contributed by atoms with E-state index in [4.69, 9.17) is 4.74 Å². The molecule has 0 heterocycles. The first-order valence-corrected chi connectivity index (χ1v) is 7.04. The molecule has 2 N–H and O–H groups in total. The predicted molar refractivity (Wildman–Crippen MR) is 79.8 cm³/mol. The number of aliphatic hydroxyl groups is 1. The number of carbonyl (C=O) groups excluding carboxylic acids is 1. The van der Waals surface area contributed by atoms with E-state index >= 15 is 0 Å². The molecular formula is C16H25NO3. The summed E-state index contributed by atoms with van der Waals surface area (Å²) in [5.74, 6) is 0.970. The largest absolute Gasteiger partial charge is 0.481 e. The number of ether oxygens (including phenoxy) is 1. The van der Waals surface area contributed by atoms with Gasteiger partial charge in [0, 0.05) is 6.54 Å². The van der Waals surface area contributed by atoms with Crippen LogP contribution in [-0.4, -0.2) is 23.7 Å². The van der Waals surface area contributed by atoms with E-state index in [1.807, 2.05) is 32.9 Å². The third-order valence-electron chi connectivity index (χ3n) is 3.04. The lowest BCUT2D eigenvalue weighted by molar-refractivity contribution is -0.127. The van der Waals surface area contributed by atoms with Gasteiger partial charge in [-0.25, -0.2) is 0 Å². The fraction of sp³-hybridized carbons (Fsp3) is 0.562. The van der Waals surface area contributed by atoms with Crippen molar-refractivity contribution in [2.75, 3.05) is 6.54 Å². The summed E-state index contributed by atoms with van der Waals surface area (Å²) >= 11 is 0. The highest BCUT2D eigenvalue weighted by molar-refractivity contribution is 5.80. The highest BCUT2D eigenvalue weighted by Crippen LogP contribution is 2.23. The van der Waals surface area contributed by atoms with Crippen LogP contribution in [-0.2, 0) is 4.79 Å². The molecule has 1 amide bonds. The van der Waals surface area contributed by atoms with Crippen LogP contribution in [0.3, 0.4) is 0 Å². The maximum atomic E-state index is 11.9. The molecule has 0 radical (unpaired) electrons. The lowest BCUT2D eigenvalue weighted by Crippen LogP contribution is -2.38. The predicted octanol–water partition coefficient (Wildman–Crippen LogP) is 2.59. The van der Waals surface area contributed by atoms with Crippen LogP contribution in [0.2, 0.25) is 0 Å². The zero-order chi connectivity index (χ0) is 15.3. The minimum atomic E-state index is -0.537. The Hall–Kier alpha value is -1.55. The Kier molecular flexibility index (Phi) is 6.02. The van der Waals surface area contributed by atoms with Crippen molar-refractivity contribution >= 4 is 5.91 Å². The van der Waals surface area contributed by atoms with Crippen LogP contribution in [0.15, 0.2) is 18.2 Å². The van der Waals surface area contributed by atoms with Gasteiger partial charge in [-0.3, -0.25) is 4.79 Å². The number of aliphatic hydroxyl groups excluding tert-OH is 1. The molecular weight excluding hydrogens is 254 g/mol. The molecule has 0 fully saturated rings. The fourth-order valence-electron chi connectivity index (χ4n) is 1.76. The van der Waals surface area contributed by atoms with Crippen LogP contribution in [0.1, 0.15) is 44.9 Å². The molecule has 0 aromatic heterocycles. The lowest BCUT2D eigenvalue weighted by Gasteiger charge is -2.18. The van der Waals surface area contributed by atoms with Crippen molar-refractivity contribution in [1.82, 2.24) is 5.32 Å². The first-order valence-electron chi connectivity index (χ1n) is 7.04. The average molecular weight is 279 g/mol. The molecule has 1 aromatic carbocycles. The van der Waals surface area contributed by atoms with Gasteiger partial charge in [-0.2, -0.15) is 0 Å². The SMILES string of the molecule is Cc1cc([C@H](C)O)ccc1OC(C)C(=O)NCC(C)C. The lowest BCUT2D eigenvalue weighted by atomic mass is 10.1. The van der Waals surface area contributed by atoms with Gasteiger partial charge in [0.2, 0.25) is 0 Å². The summed E-state index contributed by atoms with van der Waals surface area (Å²) in [6, 6.07) is 5.48. The fourth-order valence-corrected chi connectivity index (χ4v) is 1.76. The minimum absolute atomic E-state index is 0.113. The van der Waals surface area contributed by atoms with Gasteiger partial charge in [0.05, 0.1) is 6.10 Å². The van der Waals surface area contributed by atoms with Crippen molar-refractivity contribution < 1.29 is 14.6 Å². The normalized spacial score (nSPS) is 13.9. The third kappa shape index (κ3) is 4.85. The summed E-state index contributed by atoms with van der Waals surface area (Å²) in [6.07, 6.45) is -1.04. The second kappa shape index (κ2) is 7.29. The first-order chi connectivity index (χ1) is 9.31. The maximum absolute atomic E-state index is 11.9. The van der Waals surface area contributed by atoms with Crippen molar-refractivity contribution in [1.29, 1.82) is 0 Å². The number of nitrogens with one attached hydrogen (secondary N) is 1. The van der Waals surface area contributed by atoms with E-state index in [1.165, 1.54) is 0 Å². The molecule has 0 saturated heterocycles. The summed E-state index contributed by atoms with van der Waals surface area (Å²) in [7, 11) is 0. The average Bonchev–Trinajstić information content (AvgIpc) is 2.37. The van der Waals surface area contributed by atoms with Gasteiger partial charge >= 0.3 is 0 Å². The minimum Gasteiger partial charge on any atom is -0.481 e. The number of benzene rings is 1. The Balaban J connectivity index is 2.66. The van der Waals surface area contributed by atoms with Crippen molar-refractivity contribution in [3.05, 3.63) is 29.3 Å². The number of hydrogen-bond acceptors (Lipinski definition) is 3. The Labute approximate surface area is 121 Å². The molecule has 4 nitrogen and oxygen atoms in total. The van der Waals surface area contributed by atoms with E-state index in [9.17, 15) is 9.90 Å². The zero-order valence-electron chi connectivity index (χ0n) is 12.9. The number of hydrogen-bond donors (Lipinski definition) is 2. The molecule has 0 aliphatic rings. The molecule has 1 aromatic rings. The van der Waals surface area contributed by atoms with E-state index in [0.717, 1.165) is 11.1 Å². The number of amides is 1. The van der Waals surface area contributed by atoms with Gasteiger partial charge in [-0.1, -0.05) is 19.9 Å². The molecule has 0 aliphatic carbocycles. The number of carbonyl (C=O) groups is 1. The van der Waals surface area contributed by atoms with E-state index in [2.05, 4.69) is 5.32 Å². The van der Waals surface area contributed by atoms with Gasteiger partial charge in [0.15, 0.2) is 6.10 Å². The summed E-state index contributed by atoms with van der Waals surface area (Å²) in [4.78, 5) is 11.9. The first kappa shape index (κ1) is 16.5. The topological polar surface area (TPSA) is 58.6 Å². The molecule has 20 heavy (non-hydrogen) atoms. The molecule has 0 spiro atoms. The van der Waals surface area contributed by atoms with E-state index in [1.54, 1.807) is 19.9 Å². The van der Waals surface area contributed by atoms with Crippen molar-refractivity contribution in [3.8, 4) is 5.75 Å². The van der Waals surface area contributed by atoms with Crippen LogP contribution in [0.25, 0.3) is 0 Å². The highest BCUT2D eigenvalue weighted by Gasteiger charge is 2.16. The van der Waals surface area contributed by atoms with Gasteiger partial charge in [-0.05, 0) is 49.9 Å². The van der Waals surface area contributed by atoms with E-state index in [-0.39, 0.29) is 5.91 Å². The standard InChI is InChI=1S/C16H25NO3/c1-10(2)9-17-16(19)13(5)20-15-7-6-14(12(4)18)8-11(15)3/h6-8,10,12-13,18H,9H2,1-5H3,(H,17,19)/t12-,13?/m0/s1. The van der Waals surface area contributed by atoms with Gasteiger partial charge in [0.1, 0.15) is 5.75 Å². The molecule has 0 aliphatic heterocycles. The number of rotatable bonds is 6. The summed E-state index contributed by atoms with van der Waals surface area (Å²) < 4.78 is 5.68. The molecule has 1 unspecified atom stereocenters. The summed E-state index contributed by atoms with van der Waals surface area (Å²) in [6.45, 7) is 10.1. The van der Waals surface area contributed by atoms with Crippen molar-refractivity contribution in [2.24, 2.45) is 5.92 Å². The van der Waals surface area contributed by atoms with E-state index in [0.29, 0.717) is 18.2 Å².